The normalized spacial score (nSPS) is 25.8. The van der Waals surface area contributed by atoms with Crippen molar-refractivity contribution in [2.24, 2.45) is 10.7 Å². The molecule has 0 spiro atoms. The van der Waals surface area contributed by atoms with Crippen molar-refractivity contribution in [2.45, 2.75) is 24.9 Å². The summed E-state index contributed by atoms with van der Waals surface area (Å²) >= 11 is 5.37. The molecule has 0 aromatic carbocycles. The van der Waals surface area contributed by atoms with Crippen LogP contribution in [0.4, 0.5) is 0 Å². The topological polar surface area (TPSA) is 41.6 Å². The molecule has 0 radical (unpaired) electrons. The van der Waals surface area contributed by atoms with E-state index in [9.17, 15) is 0 Å². The van der Waals surface area contributed by atoms with Crippen LogP contribution in [-0.4, -0.2) is 23.4 Å². The summed E-state index contributed by atoms with van der Waals surface area (Å²) in [6.07, 6.45) is 2.52. The van der Waals surface area contributed by atoms with E-state index in [1.54, 1.807) is 11.3 Å². The Balaban J connectivity index is 1.91. The molecule has 0 bridgehead atoms. The molecule has 15 heavy (non-hydrogen) atoms. The number of hydrogen-bond acceptors (Lipinski definition) is 4. The lowest BCUT2D eigenvalue weighted by Crippen LogP contribution is -2.37. The van der Waals surface area contributed by atoms with Crippen LogP contribution in [0, 0.1) is 0 Å². The number of rotatable bonds is 2. The van der Waals surface area contributed by atoms with Crippen LogP contribution in [-0.2, 0) is 0 Å². The summed E-state index contributed by atoms with van der Waals surface area (Å²) in [7, 11) is 0. The highest BCUT2D eigenvalue weighted by atomic mass is 79.9. The quantitative estimate of drug-likeness (QED) is 0.906. The van der Waals surface area contributed by atoms with Crippen LogP contribution in [0.15, 0.2) is 20.9 Å². The zero-order valence-corrected chi connectivity index (χ0v) is 10.6. The molecule has 0 amide bonds. The van der Waals surface area contributed by atoms with Crippen LogP contribution >= 0.6 is 27.3 Å². The van der Waals surface area contributed by atoms with Gasteiger partial charge in [0.05, 0.1) is 12.6 Å². The summed E-state index contributed by atoms with van der Waals surface area (Å²) in [5.41, 5.74) is 5.93. The Morgan fingerprint density at radius 2 is 2.33 bits per heavy atom. The minimum atomic E-state index is 0.367. The summed E-state index contributed by atoms with van der Waals surface area (Å²) in [6.45, 7) is 0.807. The van der Waals surface area contributed by atoms with Gasteiger partial charge in [-0.05, 0) is 40.2 Å². The van der Waals surface area contributed by atoms with Crippen LogP contribution in [0.3, 0.4) is 0 Å². The molecule has 80 valence electrons. The highest BCUT2D eigenvalue weighted by molar-refractivity contribution is 9.10. The van der Waals surface area contributed by atoms with Gasteiger partial charge in [-0.15, -0.1) is 11.3 Å². The zero-order valence-electron chi connectivity index (χ0n) is 8.19. The minimum absolute atomic E-state index is 0.367. The van der Waals surface area contributed by atoms with Gasteiger partial charge in [0.1, 0.15) is 0 Å². The van der Waals surface area contributed by atoms with E-state index < -0.39 is 0 Å². The number of thiophene rings is 1. The van der Waals surface area contributed by atoms with Crippen molar-refractivity contribution >= 4 is 33.2 Å². The van der Waals surface area contributed by atoms with E-state index in [-0.39, 0.29) is 0 Å². The summed E-state index contributed by atoms with van der Waals surface area (Å²) in [6, 6.07) is 3.10. The van der Waals surface area contributed by atoms with E-state index in [2.05, 4.69) is 37.3 Å². The van der Waals surface area contributed by atoms with E-state index in [0.717, 1.165) is 12.5 Å². The third-order valence-corrected chi connectivity index (χ3v) is 4.89. The first-order valence-corrected chi connectivity index (χ1v) is 6.76. The van der Waals surface area contributed by atoms with Gasteiger partial charge in [-0.2, -0.15) is 0 Å². The van der Waals surface area contributed by atoms with Gasteiger partial charge in [0.15, 0.2) is 5.96 Å². The Morgan fingerprint density at radius 1 is 1.53 bits per heavy atom. The first-order valence-electron chi connectivity index (χ1n) is 5.08. The largest absolute Gasteiger partial charge is 0.370 e. The predicted octanol–water partition coefficient (Wildman–Crippen LogP) is 2.34. The fourth-order valence-corrected chi connectivity index (χ4v) is 3.78. The lowest BCUT2D eigenvalue weighted by atomic mass is 10.2. The van der Waals surface area contributed by atoms with Crippen LogP contribution < -0.4 is 5.73 Å². The number of hydrogen-bond donors (Lipinski definition) is 1. The first-order chi connectivity index (χ1) is 7.27. The monoisotopic (exact) mass is 285 g/mol. The fourth-order valence-electron chi connectivity index (χ4n) is 2.06. The van der Waals surface area contributed by atoms with Crippen molar-refractivity contribution in [3.8, 4) is 0 Å². The molecule has 3 rings (SSSR count). The Labute approximate surface area is 101 Å². The molecule has 1 aliphatic heterocycles. The number of aliphatic imine (C=N–C) groups is 1. The highest BCUT2D eigenvalue weighted by Gasteiger charge is 2.39. The summed E-state index contributed by atoms with van der Waals surface area (Å²) in [4.78, 5) is 8.00. The molecule has 2 N–H and O–H groups in total. The highest BCUT2D eigenvalue weighted by Crippen LogP contribution is 2.41. The Kier molecular flexibility index (Phi) is 2.25. The van der Waals surface area contributed by atoms with Gasteiger partial charge >= 0.3 is 0 Å². The van der Waals surface area contributed by atoms with E-state index in [1.165, 1.54) is 22.2 Å². The number of guanidine groups is 1. The van der Waals surface area contributed by atoms with E-state index in [0.29, 0.717) is 12.1 Å². The van der Waals surface area contributed by atoms with E-state index in [1.807, 2.05) is 0 Å². The molecule has 1 fully saturated rings. The van der Waals surface area contributed by atoms with Crippen LogP contribution in [0.25, 0.3) is 0 Å². The second-order valence-corrected chi connectivity index (χ2v) is 5.79. The Bertz CT molecular complexity index is 411. The van der Waals surface area contributed by atoms with Crippen molar-refractivity contribution in [3.05, 3.63) is 20.8 Å². The molecular weight excluding hydrogens is 274 g/mol. The molecule has 2 aliphatic rings. The van der Waals surface area contributed by atoms with E-state index >= 15 is 0 Å². The lowest BCUT2D eigenvalue weighted by Gasteiger charge is -2.25. The molecule has 0 saturated heterocycles. The number of nitrogens with two attached hydrogens (primary N) is 1. The second kappa shape index (κ2) is 3.49. The molecule has 1 aromatic heterocycles. The van der Waals surface area contributed by atoms with Gasteiger partial charge in [0.2, 0.25) is 0 Å². The maximum absolute atomic E-state index is 5.93. The molecule has 3 nitrogen and oxygen atoms in total. The molecule has 1 aromatic rings. The lowest BCUT2D eigenvalue weighted by molar-refractivity contribution is 0.341. The van der Waals surface area contributed by atoms with Gasteiger partial charge < -0.3 is 10.6 Å². The van der Waals surface area contributed by atoms with Gasteiger partial charge in [-0.25, -0.2) is 0 Å². The first kappa shape index (κ1) is 9.66. The SMILES string of the molecule is NC1=NCC(c2sccc2Br)N1C1CC1. The third-order valence-electron chi connectivity index (χ3n) is 2.91. The number of halogens is 1. The standard InChI is InChI=1S/C10H12BrN3S/c11-7-3-4-15-9(7)8-5-13-10(12)14(8)6-1-2-6/h3-4,6,8H,1-2,5H2,(H2,12,13). The van der Waals surface area contributed by atoms with Gasteiger partial charge in [-0.1, -0.05) is 0 Å². The number of nitrogens with zero attached hydrogens (tertiary/aromatic N) is 2. The van der Waals surface area contributed by atoms with Gasteiger partial charge in [-0.3, -0.25) is 4.99 Å². The van der Waals surface area contributed by atoms with Gasteiger partial charge in [0, 0.05) is 15.4 Å². The molecule has 5 heteroatoms. The molecule has 1 aliphatic carbocycles. The van der Waals surface area contributed by atoms with Crippen LogP contribution in [0.5, 0.6) is 0 Å². The van der Waals surface area contributed by atoms with Crippen molar-refractivity contribution in [1.82, 2.24) is 4.90 Å². The minimum Gasteiger partial charge on any atom is -0.370 e. The summed E-state index contributed by atoms with van der Waals surface area (Å²) in [5, 5.41) is 2.11. The molecule has 1 saturated carbocycles. The van der Waals surface area contributed by atoms with Crippen LogP contribution in [0.1, 0.15) is 23.8 Å². The Hall–Kier alpha value is -0.550. The summed E-state index contributed by atoms with van der Waals surface area (Å²) < 4.78 is 1.19. The Morgan fingerprint density at radius 3 is 2.93 bits per heavy atom. The fraction of sp³-hybridized carbons (Fsp3) is 0.500. The van der Waals surface area contributed by atoms with Crippen LogP contribution in [0.2, 0.25) is 0 Å². The van der Waals surface area contributed by atoms with Crippen molar-refractivity contribution in [3.63, 3.8) is 0 Å². The van der Waals surface area contributed by atoms with Crippen molar-refractivity contribution < 1.29 is 0 Å². The molecule has 1 atom stereocenters. The smallest absolute Gasteiger partial charge is 0.192 e. The molecule has 2 heterocycles. The van der Waals surface area contributed by atoms with Crippen molar-refractivity contribution in [1.29, 1.82) is 0 Å². The maximum atomic E-state index is 5.93. The summed E-state index contributed by atoms with van der Waals surface area (Å²) in [5.74, 6) is 0.725. The predicted molar refractivity (Wildman–Crippen MR) is 66.1 cm³/mol. The van der Waals surface area contributed by atoms with Gasteiger partial charge in [0.25, 0.3) is 0 Å². The maximum Gasteiger partial charge on any atom is 0.192 e. The zero-order chi connectivity index (χ0) is 10.4. The molecular formula is C10H12BrN3S. The average molecular weight is 286 g/mol. The second-order valence-electron chi connectivity index (χ2n) is 3.99. The average Bonchev–Trinajstić information content (AvgIpc) is 2.85. The third kappa shape index (κ3) is 1.58. The molecule has 1 unspecified atom stereocenters. The van der Waals surface area contributed by atoms with E-state index in [4.69, 9.17) is 5.73 Å². The van der Waals surface area contributed by atoms with Crippen molar-refractivity contribution in [2.75, 3.05) is 6.54 Å².